The van der Waals surface area contributed by atoms with Gasteiger partial charge in [0.15, 0.2) is 0 Å². The van der Waals surface area contributed by atoms with E-state index in [0.29, 0.717) is 11.4 Å². The number of hydrogen-bond acceptors (Lipinski definition) is 4. The number of halogens is 1. The average Bonchev–Trinajstić information content (AvgIpc) is 3.07. The topological polar surface area (TPSA) is 56.5 Å². The van der Waals surface area contributed by atoms with Crippen molar-refractivity contribution < 1.29 is 4.74 Å². The van der Waals surface area contributed by atoms with Gasteiger partial charge in [-0.1, -0.05) is 28.9 Å². The fourth-order valence-corrected chi connectivity index (χ4v) is 3.58. The van der Waals surface area contributed by atoms with Gasteiger partial charge in [-0.15, -0.1) is 0 Å². The first kappa shape index (κ1) is 16.8. The molecule has 3 aromatic rings. The molecule has 1 aromatic heterocycles. The van der Waals surface area contributed by atoms with Crippen molar-refractivity contribution in [3.63, 3.8) is 0 Å². The minimum absolute atomic E-state index is 0.193. The van der Waals surface area contributed by atoms with E-state index in [0.717, 1.165) is 46.8 Å². The van der Waals surface area contributed by atoms with Crippen LogP contribution in [0.1, 0.15) is 17.7 Å². The van der Waals surface area contributed by atoms with Crippen LogP contribution in [0, 0.1) is 4.91 Å². The molecule has 0 saturated heterocycles. The number of nitrogens with zero attached hydrogens (tertiary/aromatic N) is 3. The van der Waals surface area contributed by atoms with Crippen molar-refractivity contribution in [3.8, 4) is 22.7 Å². The molecular formula is C20H18ClN3O2. The molecular weight excluding hydrogens is 350 g/mol. The first-order chi connectivity index (χ1) is 12.7. The molecule has 4 rings (SSSR count). The highest BCUT2D eigenvalue weighted by Gasteiger charge is 2.27. The second-order valence-corrected chi connectivity index (χ2v) is 6.83. The summed E-state index contributed by atoms with van der Waals surface area (Å²) in [6.45, 7) is 0. The Morgan fingerprint density at radius 2 is 1.88 bits per heavy atom. The van der Waals surface area contributed by atoms with Crippen LogP contribution in [0.5, 0.6) is 5.75 Å². The number of hydrogen-bond donors (Lipinski definition) is 0. The summed E-state index contributed by atoms with van der Waals surface area (Å²) < 4.78 is 7.20. The van der Waals surface area contributed by atoms with Crippen molar-refractivity contribution in [2.24, 2.45) is 5.18 Å². The third kappa shape index (κ3) is 2.99. The van der Waals surface area contributed by atoms with Gasteiger partial charge in [0.2, 0.25) is 0 Å². The van der Waals surface area contributed by atoms with Crippen LogP contribution in [0.25, 0.3) is 16.9 Å². The van der Waals surface area contributed by atoms with E-state index >= 15 is 0 Å². The summed E-state index contributed by atoms with van der Waals surface area (Å²) in [7, 11) is 1.65. The third-order valence-corrected chi connectivity index (χ3v) is 5.06. The highest BCUT2D eigenvalue weighted by atomic mass is 35.5. The predicted molar refractivity (Wildman–Crippen MR) is 102 cm³/mol. The van der Waals surface area contributed by atoms with Crippen molar-refractivity contribution >= 4 is 11.6 Å². The van der Waals surface area contributed by atoms with Gasteiger partial charge in [0.05, 0.1) is 30.2 Å². The minimum atomic E-state index is -0.193. The maximum Gasteiger partial charge on any atom is 0.119 e. The largest absolute Gasteiger partial charge is 0.497 e. The third-order valence-electron chi connectivity index (χ3n) is 4.80. The molecule has 0 saturated carbocycles. The number of rotatable bonds is 4. The van der Waals surface area contributed by atoms with Gasteiger partial charge in [-0.05, 0) is 49.2 Å². The van der Waals surface area contributed by atoms with Crippen molar-refractivity contribution in [3.05, 3.63) is 69.7 Å². The van der Waals surface area contributed by atoms with Crippen molar-refractivity contribution in [1.29, 1.82) is 0 Å². The Labute approximate surface area is 156 Å². The maximum absolute atomic E-state index is 11.1. The molecule has 5 nitrogen and oxygen atoms in total. The molecule has 1 unspecified atom stereocenters. The molecule has 0 N–H and O–H groups in total. The number of ether oxygens (including phenoxy) is 1. The maximum atomic E-state index is 11.1. The summed E-state index contributed by atoms with van der Waals surface area (Å²) in [6, 6.07) is 15.3. The molecule has 0 aliphatic heterocycles. The summed E-state index contributed by atoms with van der Waals surface area (Å²) >= 11 is 6.06. The van der Waals surface area contributed by atoms with Crippen LogP contribution in [-0.2, 0) is 12.8 Å². The lowest BCUT2D eigenvalue weighted by Crippen LogP contribution is -2.16. The molecule has 26 heavy (non-hydrogen) atoms. The van der Waals surface area contributed by atoms with Crippen LogP contribution < -0.4 is 4.74 Å². The van der Waals surface area contributed by atoms with E-state index in [4.69, 9.17) is 21.4 Å². The number of nitroso groups, excluding NO2 is 1. The summed E-state index contributed by atoms with van der Waals surface area (Å²) in [5.74, 6) is 0.795. The highest BCUT2D eigenvalue weighted by molar-refractivity contribution is 6.30. The van der Waals surface area contributed by atoms with Gasteiger partial charge in [-0.2, -0.15) is 10.0 Å². The van der Waals surface area contributed by atoms with E-state index in [9.17, 15) is 4.91 Å². The number of methoxy groups -OCH3 is 1. The number of benzene rings is 2. The zero-order valence-corrected chi connectivity index (χ0v) is 15.1. The van der Waals surface area contributed by atoms with Crippen LogP contribution in [0.3, 0.4) is 0 Å². The normalized spacial score (nSPS) is 16.2. The summed E-state index contributed by atoms with van der Waals surface area (Å²) in [6.07, 6.45) is 2.12. The Hall–Kier alpha value is -2.66. The zero-order valence-electron chi connectivity index (χ0n) is 14.4. The van der Waals surface area contributed by atoms with Crippen molar-refractivity contribution in [2.75, 3.05) is 7.11 Å². The summed E-state index contributed by atoms with van der Waals surface area (Å²) in [5.41, 5.74) is 5.09. The van der Waals surface area contributed by atoms with E-state index < -0.39 is 0 Å². The quantitative estimate of drug-likeness (QED) is 0.621. The molecule has 6 heteroatoms. The smallest absolute Gasteiger partial charge is 0.119 e. The van der Waals surface area contributed by atoms with Crippen LogP contribution in [-0.4, -0.2) is 22.9 Å². The van der Waals surface area contributed by atoms with Gasteiger partial charge >= 0.3 is 0 Å². The SMILES string of the molecule is COc1ccc(-n2nc3c(c2-c2ccc(Cl)cc2)CC(N=O)CC3)cc1. The fourth-order valence-electron chi connectivity index (χ4n) is 3.46. The second kappa shape index (κ2) is 6.92. The lowest BCUT2D eigenvalue weighted by atomic mass is 9.90. The van der Waals surface area contributed by atoms with E-state index in [1.54, 1.807) is 7.11 Å². The van der Waals surface area contributed by atoms with Gasteiger partial charge in [0, 0.05) is 22.6 Å². The fraction of sp³-hybridized carbons (Fsp3) is 0.250. The molecule has 0 radical (unpaired) electrons. The molecule has 132 valence electrons. The predicted octanol–water partition coefficient (Wildman–Crippen LogP) is 4.83. The van der Waals surface area contributed by atoms with Gasteiger partial charge < -0.3 is 4.74 Å². The van der Waals surface area contributed by atoms with Gasteiger partial charge in [0.25, 0.3) is 0 Å². The van der Waals surface area contributed by atoms with Gasteiger partial charge in [-0.25, -0.2) is 4.68 Å². The molecule has 1 aliphatic rings. The summed E-state index contributed by atoms with van der Waals surface area (Å²) in [5, 5.41) is 8.80. The Bertz CT molecular complexity index is 933. The van der Waals surface area contributed by atoms with Crippen molar-refractivity contribution in [1.82, 2.24) is 9.78 Å². The molecule has 2 aromatic carbocycles. The van der Waals surface area contributed by atoms with Crippen LogP contribution >= 0.6 is 11.6 Å². The zero-order chi connectivity index (χ0) is 18.1. The molecule has 1 aliphatic carbocycles. The van der Waals surface area contributed by atoms with Crippen LogP contribution in [0.15, 0.2) is 53.7 Å². The van der Waals surface area contributed by atoms with E-state index in [-0.39, 0.29) is 6.04 Å². The van der Waals surface area contributed by atoms with E-state index in [1.165, 1.54) is 0 Å². The average molecular weight is 368 g/mol. The first-order valence-corrected chi connectivity index (χ1v) is 8.91. The molecule has 0 bridgehead atoms. The monoisotopic (exact) mass is 367 g/mol. The lowest BCUT2D eigenvalue weighted by molar-refractivity contribution is 0.414. The lowest BCUT2D eigenvalue weighted by Gasteiger charge is -2.16. The van der Waals surface area contributed by atoms with Gasteiger partial charge in [0.1, 0.15) is 5.75 Å². The summed E-state index contributed by atoms with van der Waals surface area (Å²) in [4.78, 5) is 11.1. The Balaban J connectivity index is 1.88. The van der Waals surface area contributed by atoms with Crippen LogP contribution in [0.2, 0.25) is 5.02 Å². The highest BCUT2D eigenvalue weighted by Crippen LogP contribution is 2.35. The van der Waals surface area contributed by atoms with Crippen molar-refractivity contribution in [2.45, 2.75) is 25.3 Å². The van der Waals surface area contributed by atoms with E-state index in [2.05, 4.69) is 5.18 Å². The van der Waals surface area contributed by atoms with Gasteiger partial charge in [-0.3, -0.25) is 0 Å². The Morgan fingerprint density at radius 3 is 2.54 bits per heavy atom. The number of aromatic nitrogens is 2. The minimum Gasteiger partial charge on any atom is -0.497 e. The molecule has 1 atom stereocenters. The first-order valence-electron chi connectivity index (χ1n) is 8.53. The molecule has 1 heterocycles. The molecule has 0 fully saturated rings. The second-order valence-electron chi connectivity index (χ2n) is 6.39. The Morgan fingerprint density at radius 1 is 1.15 bits per heavy atom. The standard InChI is InChI=1S/C20H18ClN3O2/c1-26-17-9-7-16(8-10-17)24-20(13-2-4-14(21)5-3-13)18-12-15(23-25)6-11-19(18)22-24/h2-5,7-10,15H,6,11-12H2,1H3. The molecule has 0 amide bonds. The van der Waals surface area contributed by atoms with E-state index in [1.807, 2.05) is 53.2 Å². The Kier molecular flexibility index (Phi) is 4.47. The van der Waals surface area contributed by atoms with Crippen LogP contribution in [0.4, 0.5) is 0 Å². The number of fused-ring (bicyclic) bond motifs is 1. The number of aryl methyl sites for hydroxylation is 1. The molecule has 0 spiro atoms.